The Kier molecular flexibility index (Phi) is 8.20. The highest BCUT2D eigenvalue weighted by Crippen LogP contribution is 2.44. The first kappa shape index (κ1) is 28.0. The number of nitrogens with zero attached hydrogens (tertiary/aromatic N) is 2. The SMILES string of the molecule is CCCOc1ccc(/C(O)=C2/C(=O)C(=O)N(c3nc(C)c(C(=O)OC)s3)C2c2ccc(C(C)C)cc2)c(C)c1. The highest BCUT2D eigenvalue weighted by molar-refractivity contribution is 7.17. The second-order valence-electron chi connectivity index (χ2n) is 9.72. The van der Waals surface area contributed by atoms with Gasteiger partial charge in [0.2, 0.25) is 0 Å². The van der Waals surface area contributed by atoms with Crippen LogP contribution in [0, 0.1) is 13.8 Å². The number of aliphatic hydroxyl groups is 1. The van der Waals surface area contributed by atoms with Gasteiger partial charge in [-0.05, 0) is 61.1 Å². The van der Waals surface area contributed by atoms with E-state index in [4.69, 9.17) is 9.47 Å². The van der Waals surface area contributed by atoms with Gasteiger partial charge in [0.05, 0.1) is 31.0 Å². The number of methoxy groups -OCH3 is 1. The fourth-order valence-electron chi connectivity index (χ4n) is 4.53. The van der Waals surface area contributed by atoms with Crippen LogP contribution in [0.5, 0.6) is 5.75 Å². The molecular formula is C30H32N2O6S. The van der Waals surface area contributed by atoms with Crippen molar-refractivity contribution < 1.29 is 29.0 Å². The molecular weight excluding hydrogens is 516 g/mol. The van der Waals surface area contributed by atoms with Gasteiger partial charge in [-0.1, -0.05) is 56.4 Å². The molecule has 3 aromatic rings. The van der Waals surface area contributed by atoms with Gasteiger partial charge in [-0.2, -0.15) is 0 Å². The summed E-state index contributed by atoms with van der Waals surface area (Å²) in [6.07, 6.45) is 0.855. The van der Waals surface area contributed by atoms with E-state index in [0.717, 1.165) is 23.3 Å². The van der Waals surface area contributed by atoms with Crippen LogP contribution in [0.2, 0.25) is 0 Å². The van der Waals surface area contributed by atoms with Crippen molar-refractivity contribution in [3.8, 4) is 5.75 Å². The topological polar surface area (TPSA) is 106 Å². The molecule has 1 N–H and O–H groups in total. The standard InChI is InChI=1S/C30H32N2O6S/c1-7-14-38-21-12-13-22(17(4)15-21)25(33)23-24(20-10-8-19(9-11-20)16(2)3)32(28(35)26(23)34)30-31-18(5)27(39-30)29(36)37-6/h8-13,15-16,24,33H,7,14H2,1-6H3/b25-23-. The maximum Gasteiger partial charge on any atom is 0.350 e. The summed E-state index contributed by atoms with van der Waals surface area (Å²) < 4.78 is 10.6. The zero-order valence-corrected chi connectivity index (χ0v) is 23.7. The van der Waals surface area contributed by atoms with Gasteiger partial charge >= 0.3 is 11.9 Å². The molecule has 204 valence electrons. The summed E-state index contributed by atoms with van der Waals surface area (Å²) in [5.74, 6) is -1.59. The minimum absolute atomic E-state index is 0.0462. The molecule has 1 fully saturated rings. The number of carbonyl (C=O) groups is 3. The molecule has 1 amide bonds. The van der Waals surface area contributed by atoms with Crippen LogP contribution in [0.4, 0.5) is 5.13 Å². The van der Waals surface area contributed by atoms with Crippen molar-refractivity contribution in [1.29, 1.82) is 0 Å². The van der Waals surface area contributed by atoms with E-state index in [1.807, 2.05) is 38.1 Å². The molecule has 9 heteroatoms. The summed E-state index contributed by atoms with van der Waals surface area (Å²) in [5.41, 5.74) is 3.18. The number of amides is 1. The number of ketones is 1. The van der Waals surface area contributed by atoms with Gasteiger partial charge in [-0.25, -0.2) is 9.78 Å². The van der Waals surface area contributed by atoms with Crippen LogP contribution in [0.25, 0.3) is 5.76 Å². The Balaban J connectivity index is 1.90. The highest BCUT2D eigenvalue weighted by atomic mass is 32.1. The predicted molar refractivity (Wildman–Crippen MR) is 150 cm³/mol. The van der Waals surface area contributed by atoms with E-state index < -0.39 is 23.7 Å². The van der Waals surface area contributed by atoms with Crippen LogP contribution in [-0.2, 0) is 14.3 Å². The summed E-state index contributed by atoms with van der Waals surface area (Å²) in [5, 5.41) is 11.7. The number of aryl methyl sites for hydroxylation is 2. The number of anilines is 1. The van der Waals surface area contributed by atoms with Crippen molar-refractivity contribution in [3.63, 3.8) is 0 Å². The normalized spacial score (nSPS) is 16.7. The lowest BCUT2D eigenvalue weighted by Gasteiger charge is -2.23. The third-order valence-electron chi connectivity index (χ3n) is 6.65. The molecule has 8 nitrogen and oxygen atoms in total. The summed E-state index contributed by atoms with van der Waals surface area (Å²) in [6, 6.07) is 11.8. The van der Waals surface area contributed by atoms with Gasteiger partial charge in [-0.15, -0.1) is 0 Å². The van der Waals surface area contributed by atoms with Crippen molar-refractivity contribution in [2.45, 2.75) is 53.0 Å². The lowest BCUT2D eigenvalue weighted by molar-refractivity contribution is -0.132. The maximum atomic E-state index is 13.5. The molecule has 0 radical (unpaired) electrons. The quantitative estimate of drug-likeness (QED) is 0.157. The van der Waals surface area contributed by atoms with E-state index in [1.54, 1.807) is 25.1 Å². The second kappa shape index (κ2) is 11.4. The number of aromatic nitrogens is 1. The molecule has 0 saturated carbocycles. The minimum atomic E-state index is -0.947. The predicted octanol–water partition coefficient (Wildman–Crippen LogP) is 6.09. The molecule has 39 heavy (non-hydrogen) atoms. The van der Waals surface area contributed by atoms with Gasteiger partial charge in [0.15, 0.2) is 5.13 Å². The van der Waals surface area contributed by atoms with E-state index in [2.05, 4.69) is 18.8 Å². The van der Waals surface area contributed by atoms with Gasteiger partial charge in [-0.3, -0.25) is 14.5 Å². The van der Waals surface area contributed by atoms with Crippen LogP contribution in [-0.4, -0.2) is 41.5 Å². The monoisotopic (exact) mass is 548 g/mol. The molecule has 1 saturated heterocycles. The third kappa shape index (κ3) is 5.31. The first-order valence-corrected chi connectivity index (χ1v) is 13.6. The van der Waals surface area contributed by atoms with Crippen LogP contribution in [0.3, 0.4) is 0 Å². The number of Topliss-reactive ketones (excluding diaryl/α,β-unsaturated/α-hetero) is 1. The number of hydrogen-bond acceptors (Lipinski definition) is 8. The van der Waals surface area contributed by atoms with Crippen molar-refractivity contribution in [1.82, 2.24) is 4.98 Å². The van der Waals surface area contributed by atoms with Crippen molar-refractivity contribution in [2.24, 2.45) is 0 Å². The molecule has 1 unspecified atom stereocenters. The van der Waals surface area contributed by atoms with Crippen LogP contribution >= 0.6 is 11.3 Å². The number of carbonyl (C=O) groups excluding carboxylic acids is 3. The van der Waals surface area contributed by atoms with E-state index in [1.165, 1.54) is 12.0 Å². The molecule has 0 bridgehead atoms. The molecule has 1 aromatic heterocycles. The lowest BCUT2D eigenvalue weighted by atomic mass is 9.92. The smallest absolute Gasteiger partial charge is 0.350 e. The molecule has 4 rings (SSSR count). The van der Waals surface area contributed by atoms with E-state index >= 15 is 0 Å². The number of rotatable bonds is 8. The van der Waals surface area contributed by atoms with E-state index in [0.29, 0.717) is 34.7 Å². The molecule has 0 spiro atoms. The Morgan fingerprint density at radius 3 is 2.41 bits per heavy atom. The zero-order valence-electron chi connectivity index (χ0n) is 22.9. The average Bonchev–Trinajstić information content (AvgIpc) is 3.43. The van der Waals surface area contributed by atoms with Gasteiger partial charge in [0.1, 0.15) is 16.4 Å². The second-order valence-corrected chi connectivity index (χ2v) is 10.7. The van der Waals surface area contributed by atoms with Crippen LogP contribution < -0.4 is 9.64 Å². The molecule has 1 aliphatic heterocycles. The zero-order chi connectivity index (χ0) is 28.4. The first-order chi connectivity index (χ1) is 18.6. The third-order valence-corrected chi connectivity index (χ3v) is 7.79. The van der Waals surface area contributed by atoms with Gasteiger partial charge in [0, 0.05) is 5.56 Å². The van der Waals surface area contributed by atoms with Crippen molar-refractivity contribution in [2.75, 3.05) is 18.6 Å². The van der Waals surface area contributed by atoms with E-state index in [-0.39, 0.29) is 27.3 Å². The van der Waals surface area contributed by atoms with Gasteiger partial charge in [0.25, 0.3) is 5.78 Å². The number of ether oxygens (including phenoxy) is 2. The summed E-state index contributed by atoms with van der Waals surface area (Å²) in [6.45, 7) is 10.2. The molecule has 0 aliphatic carbocycles. The molecule has 2 heterocycles. The fraction of sp³-hybridized carbons (Fsp3) is 0.333. The Bertz CT molecular complexity index is 1450. The Morgan fingerprint density at radius 1 is 1.13 bits per heavy atom. The van der Waals surface area contributed by atoms with Crippen LogP contribution in [0.15, 0.2) is 48.0 Å². The summed E-state index contributed by atoms with van der Waals surface area (Å²) in [4.78, 5) is 45.2. The highest BCUT2D eigenvalue weighted by Gasteiger charge is 2.48. The maximum absolute atomic E-state index is 13.5. The Labute approximate surface area is 231 Å². The fourth-order valence-corrected chi connectivity index (χ4v) is 5.54. The number of hydrogen-bond donors (Lipinski definition) is 1. The van der Waals surface area contributed by atoms with Crippen LogP contribution in [0.1, 0.15) is 76.8 Å². The number of esters is 1. The number of benzene rings is 2. The Morgan fingerprint density at radius 2 is 1.82 bits per heavy atom. The Hall–Kier alpha value is -3.98. The minimum Gasteiger partial charge on any atom is -0.507 e. The summed E-state index contributed by atoms with van der Waals surface area (Å²) >= 11 is 0.970. The summed E-state index contributed by atoms with van der Waals surface area (Å²) in [7, 11) is 1.27. The lowest BCUT2D eigenvalue weighted by Crippen LogP contribution is -2.29. The number of aliphatic hydroxyl groups excluding tert-OH is 1. The molecule has 1 atom stereocenters. The van der Waals surface area contributed by atoms with Gasteiger partial charge < -0.3 is 14.6 Å². The molecule has 1 aliphatic rings. The largest absolute Gasteiger partial charge is 0.507 e. The average molecular weight is 549 g/mol. The molecule has 2 aromatic carbocycles. The first-order valence-electron chi connectivity index (χ1n) is 12.8. The van der Waals surface area contributed by atoms with Crippen molar-refractivity contribution >= 4 is 39.9 Å². The van der Waals surface area contributed by atoms with E-state index in [9.17, 15) is 19.5 Å². The number of thiazole rings is 1. The van der Waals surface area contributed by atoms with Crippen molar-refractivity contribution in [3.05, 3.63) is 80.9 Å².